The van der Waals surface area contributed by atoms with Crippen molar-refractivity contribution in [3.8, 4) is 5.75 Å². The Bertz CT molecular complexity index is 499. The van der Waals surface area contributed by atoms with E-state index in [1.165, 1.54) is 6.08 Å². The minimum absolute atomic E-state index is 0.150. The van der Waals surface area contributed by atoms with Crippen molar-refractivity contribution in [3.63, 3.8) is 0 Å². The van der Waals surface area contributed by atoms with Crippen molar-refractivity contribution < 1.29 is 19.4 Å². The van der Waals surface area contributed by atoms with Gasteiger partial charge in [0.2, 0.25) is 0 Å². The largest absolute Gasteiger partial charge is 0.488 e. The summed E-state index contributed by atoms with van der Waals surface area (Å²) in [5, 5.41) is 8.64. The molecular weight excluding hydrogens is 392 g/mol. The molecule has 6 heteroatoms. The first-order valence-corrected chi connectivity index (χ1v) is 7.79. The van der Waals surface area contributed by atoms with Crippen molar-refractivity contribution in [1.82, 2.24) is 0 Å². The molecule has 1 N–H and O–H groups in total. The molecule has 0 unspecified atom stereocenters. The normalized spacial score (nSPS) is 16.5. The highest BCUT2D eigenvalue weighted by Gasteiger charge is 2.18. The molecule has 0 bridgehead atoms. The van der Waals surface area contributed by atoms with Crippen LogP contribution >= 0.6 is 31.9 Å². The molecular formula is C14H14Br2O4. The lowest BCUT2D eigenvalue weighted by atomic mass is 10.1. The summed E-state index contributed by atoms with van der Waals surface area (Å²) in [6, 6.07) is 3.66. The first-order valence-electron chi connectivity index (χ1n) is 6.20. The number of carboxylic acid groups (broad SMARTS) is 1. The Balaban J connectivity index is 2.15. The maximum absolute atomic E-state index is 10.5. The fraction of sp³-hybridized carbons (Fsp3) is 0.357. The standard InChI is InChI=1S/C14H14Br2O4/c15-11-7-9(1-2-13(17)18)8-12(16)14(11)20-10-3-5-19-6-4-10/h1-2,7-8,10H,3-6H2,(H,17,18)/b2-1+. The molecule has 108 valence electrons. The fourth-order valence-corrected chi connectivity index (χ4v) is 3.33. The average Bonchev–Trinajstić information content (AvgIpc) is 2.42. The van der Waals surface area contributed by atoms with Crippen LogP contribution in [0.4, 0.5) is 0 Å². The van der Waals surface area contributed by atoms with Gasteiger partial charge in [-0.05, 0) is 55.6 Å². The van der Waals surface area contributed by atoms with Crippen LogP contribution in [0.3, 0.4) is 0 Å². The summed E-state index contributed by atoms with van der Waals surface area (Å²) >= 11 is 6.93. The molecule has 0 aromatic heterocycles. The average molecular weight is 406 g/mol. The van der Waals surface area contributed by atoms with E-state index in [1.54, 1.807) is 0 Å². The van der Waals surface area contributed by atoms with E-state index in [2.05, 4.69) is 31.9 Å². The van der Waals surface area contributed by atoms with Gasteiger partial charge in [0.15, 0.2) is 0 Å². The lowest BCUT2D eigenvalue weighted by molar-refractivity contribution is -0.131. The Morgan fingerprint density at radius 2 is 1.90 bits per heavy atom. The van der Waals surface area contributed by atoms with Gasteiger partial charge in [-0.15, -0.1) is 0 Å². The third-order valence-corrected chi connectivity index (χ3v) is 4.07. The second kappa shape index (κ2) is 7.24. The minimum Gasteiger partial charge on any atom is -0.488 e. The van der Waals surface area contributed by atoms with E-state index in [0.29, 0.717) is 0 Å². The predicted molar refractivity (Wildman–Crippen MR) is 83.0 cm³/mol. The number of carbonyl (C=O) groups is 1. The molecule has 20 heavy (non-hydrogen) atoms. The van der Waals surface area contributed by atoms with Gasteiger partial charge in [0, 0.05) is 18.9 Å². The number of carboxylic acids is 1. The van der Waals surface area contributed by atoms with Crippen LogP contribution in [0.25, 0.3) is 6.08 Å². The molecule has 0 radical (unpaired) electrons. The van der Waals surface area contributed by atoms with Gasteiger partial charge in [-0.2, -0.15) is 0 Å². The molecule has 1 aromatic carbocycles. The van der Waals surface area contributed by atoms with Crippen molar-refractivity contribution in [2.45, 2.75) is 18.9 Å². The van der Waals surface area contributed by atoms with Gasteiger partial charge >= 0.3 is 5.97 Å². The van der Waals surface area contributed by atoms with Crippen molar-refractivity contribution in [3.05, 3.63) is 32.7 Å². The van der Waals surface area contributed by atoms with Crippen molar-refractivity contribution in [1.29, 1.82) is 0 Å². The van der Waals surface area contributed by atoms with E-state index in [1.807, 2.05) is 12.1 Å². The van der Waals surface area contributed by atoms with Gasteiger partial charge in [-0.1, -0.05) is 0 Å². The van der Waals surface area contributed by atoms with Crippen LogP contribution in [0.15, 0.2) is 27.2 Å². The molecule has 1 aliphatic heterocycles. The van der Waals surface area contributed by atoms with Gasteiger partial charge in [0.1, 0.15) is 11.9 Å². The van der Waals surface area contributed by atoms with Crippen LogP contribution in [-0.4, -0.2) is 30.4 Å². The Hall–Kier alpha value is -0.850. The summed E-state index contributed by atoms with van der Waals surface area (Å²) in [6.45, 7) is 1.44. The van der Waals surface area contributed by atoms with Crippen molar-refractivity contribution in [2.75, 3.05) is 13.2 Å². The molecule has 0 spiro atoms. The lowest BCUT2D eigenvalue weighted by Gasteiger charge is -2.24. The smallest absolute Gasteiger partial charge is 0.328 e. The monoisotopic (exact) mass is 404 g/mol. The summed E-state index contributed by atoms with van der Waals surface area (Å²) in [7, 11) is 0. The zero-order valence-electron chi connectivity index (χ0n) is 10.6. The third kappa shape index (κ3) is 4.33. The van der Waals surface area contributed by atoms with E-state index in [4.69, 9.17) is 14.6 Å². The SMILES string of the molecule is O=C(O)/C=C/c1cc(Br)c(OC2CCOCC2)c(Br)c1. The first-order chi connectivity index (χ1) is 9.56. The Labute approximate surface area is 134 Å². The molecule has 0 aliphatic carbocycles. The van der Waals surface area contributed by atoms with Crippen molar-refractivity contribution >= 4 is 43.9 Å². The van der Waals surface area contributed by atoms with E-state index in [9.17, 15) is 4.79 Å². The number of rotatable bonds is 4. The molecule has 1 fully saturated rings. The van der Waals surface area contributed by atoms with Gasteiger partial charge in [0.25, 0.3) is 0 Å². The van der Waals surface area contributed by atoms with Crippen molar-refractivity contribution in [2.24, 2.45) is 0 Å². The van der Waals surface area contributed by atoms with E-state index >= 15 is 0 Å². The quantitative estimate of drug-likeness (QED) is 0.772. The number of hydrogen-bond acceptors (Lipinski definition) is 3. The molecule has 1 saturated heterocycles. The van der Waals surface area contributed by atoms with Gasteiger partial charge < -0.3 is 14.6 Å². The van der Waals surface area contributed by atoms with Crippen LogP contribution in [0, 0.1) is 0 Å². The van der Waals surface area contributed by atoms with Crippen LogP contribution in [0.5, 0.6) is 5.75 Å². The number of ether oxygens (including phenoxy) is 2. The van der Waals surface area contributed by atoms with Gasteiger partial charge in [-0.25, -0.2) is 4.79 Å². The molecule has 0 amide bonds. The Morgan fingerprint density at radius 1 is 1.30 bits per heavy atom. The number of benzene rings is 1. The van der Waals surface area contributed by atoms with Crippen LogP contribution in [0.1, 0.15) is 18.4 Å². The number of hydrogen-bond donors (Lipinski definition) is 1. The molecule has 2 rings (SSSR count). The van der Waals surface area contributed by atoms with E-state index in [0.717, 1.165) is 52.4 Å². The maximum Gasteiger partial charge on any atom is 0.328 e. The Morgan fingerprint density at radius 3 is 2.45 bits per heavy atom. The summed E-state index contributed by atoms with van der Waals surface area (Å²) < 4.78 is 12.9. The molecule has 4 nitrogen and oxygen atoms in total. The highest BCUT2D eigenvalue weighted by molar-refractivity contribution is 9.11. The predicted octanol–water partition coefficient (Wildman–Crippen LogP) is 3.87. The first kappa shape index (κ1) is 15.5. The summed E-state index contributed by atoms with van der Waals surface area (Å²) in [5.74, 6) is -0.232. The molecule has 1 heterocycles. The zero-order valence-corrected chi connectivity index (χ0v) is 13.8. The maximum atomic E-state index is 10.5. The topological polar surface area (TPSA) is 55.8 Å². The van der Waals surface area contributed by atoms with Crippen LogP contribution < -0.4 is 4.74 Å². The zero-order chi connectivity index (χ0) is 14.5. The van der Waals surface area contributed by atoms with Crippen LogP contribution in [-0.2, 0) is 9.53 Å². The molecule has 1 aliphatic rings. The molecule has 0 atom stereocenters. The number of halogens is 2. The molecule has 0 saturated carbocycles. The second-order valence-corrected chi connectivity index (χ2v) is 6.12. The Kier molecular flexibility index (Phi) is 5.63. The highest BCUT2D eigenvalue weighted by atomic mass is 79.9. The molecule has 1 aromatic rings. The third-order valence-electron chi connectivity index (χ3n) is 2.89. The minimum atomic E-state index is -0.972. The van der Waals surface area contributed by atoms with Gasteiger partial charge in [0.05, 0.1) is 22.2 Å². The summed E-state index contributed by atoms with van der Waals surface area (Å²) in [6.07, 6.45) is 4.54. The van der Waals surface area contributed by atoms with Crippen LogP contribution in [0.2, 0.25) is 0 Å². The highest BCUT2D eigenvalue weighted by Crippen LogP contribution is 2.36. The second-order valence-electron chi connectivity index (χ2n) is 4.41. The fourth-order valence-electron chi connectivity index (χ4n) is 1.92. The summed E-state index contributed by atoms with van der Waals surface area (Å²) in [4.78, 5) is 10.5. The number of aliphatic carboxylic acids is 1. The van der Waals surface area contributed by atoms with E-state index < -0.39 is 5.97 Å². The van der Waals surface area contributed by atoms with E-state index in [-0.39, 0.29) is 6.10 Å². The van der Waals surface area contributed by atoms with Gasteiger partial charge in [-0.3, -0.25) is 0 Å². The summed E-state index contributed by atoms with van der Waals surface area (Å²) in [5.41, 5.74) is 0.783. The lowest BCUT2D eigenvalue weighted by Crippen LogP contribution is -2.26.